The molecule has 1 N–H and O–H groups in total. The molecular weight excluding hydrogens is 260 g/mol. The third-order valence-electron chi connectivity index (χ3n) is 3.67. The van der Waals surface area contributed by atoms with Crippen LogP contribution in [-0.4, -0.2) is 11.0 Å². The van der Waals surface area contributed by atoms with Crippen molar-refractivity contribution in [2.45, 2.75) is 46.2 Å². The van der Waals surface area contributed by atoms with Gasteiger partial charge in [-0.1, -0.05) is 6.07 Å². The molecule has 0 atom stereocenters. The van der Waals surface area contributed by atoms with Crippen molar-refractivity contribution in [3.8, 4) is 11.6 Å². The highest BCUT2D eigenvalue weighted by Gasteiger charge is 2.20. The highest BCUT2D eigenvalue weighted by molar-refractivity contribution is 5.37. The zero-order chi connectivity index (χ0) is 14.8. The average molecular weight is 282 g/mol. The molecule has 3 nitrogen and oxygen atoms in total. The summed E-state index contributed by atoms with van der Waals surface area (Å²) < 4.78 is 5.93. The van der Waals surface area contributed by atoms with Crippen molar-refractivity contribution in [2.75, 3.05) is 0 Å². The standard InChI is InChI=1S/C18H22N2O/c1-12-6-13(2)8-17(7-12)21-18-14(3)9-15(11-20-18)10-19-16-4-5-16/h6-9,11,16,19H,4-5,10H2,1-3H3. The van der Waals surface area contributed by atoms with Crippen LogP contribution in [0, 0.1) is 20.8 Å². The number of rotatable bonds is 5. The summed E-state index contributed by atoms with van der Waals surface area (Å²) in [6.07, 6.45) is 4.51. The number of hydrogen-bond donors (Lipinski definition) is 1. The van der Waals surface area contributed by atoms with Crippen LogP contribution in [0.15, 0.2) is 30.5 Å². The van der Waals surface area contributed by atoms with Crippen molar-refractivity contribution < 1.29 is 4.74 Å². The molecule has 2 aromatic rings. The van der Waals surface area contributed by atoms with Gasteiger partial charge in [0.05, 0.1) is 0 Å². The molecule has 1 aromatic carbocycles. The number of nitrogens with zero attached hydrogens (tertiary/aromatic N) is 1. The first-order valence-electron chi connectivity index (χ1n) is 7.55. The van der Waals surface area contributed by atoms with Gasteiger partial charge in [-0.3, -0.25) is 0 Å². The average Bonchev–Trinajstić information content (AvgIpc) is 3.22. The van der Waals surface area contributed by atoms with E-state index in [9.17, 15) is 0 Å². The molecule has 1 aliphatic carbocycles. The Labute approximate surface area is 126 Å². The third kappa shape index (κ3) is 3.82. The lowest BCUT2D eigenvalue weighted by Crippen LogP contribution is -2.15. The summed E-state index contributed by atoms with van der Waals surface area (Å²) in [6.45, 7) is 7.09. The predicted molar refractivity (Wildman–Crippen MR) is 84.8 cm³/mol. The summed E-state index contributed by atoms with van der Waals surface area (Å²) in [5.74, 6) is 1.54. The minimum Gasteiger partial charge on any atom is -0.439 e. The summed E-state index contributed by atoms with van der Waals surface area (Å²) in [7, 11) is 0. The van der Waals surface area contributed by atoms with Crippen molar-refractivity contribution in [2.24, 2.45) is 0 Å². The van der Waals surface area contributed by atoms with Crippen LogP contribution in [0.4, 0.5) is 0 Å². The lowest BCUT2D eigenvalue weighted by Gasteiger charge is -2.11. The molecule has 1 aromatic heterocycles. The lowest BCUT2D eigenvalue weighted by atomic mass is 10.1. The number of pyridine rings is 1. The molecule has 0 amide bonds. The van der Waals surface area contributed by atoms with Gasteiger partial charge >= 0.3 is 0 Å². The summed E-state index contributed by atoms with van der Waals surface area (Å²) in [4.78, 5) is 4.47. The van der Waals surface area contributed by atoms with Crippen molar-refractivity contribution in [3.63, 3.8) is 0 Å². The Bertz CT molecular complexity index is 627. The van der Waals surface area contributed by atoms with Crippen LogP contribution in [0.25, 0.3) is 0 Å². The molecule has 0 spiro atoms. The Balaban J connectivity index is 1.72. The van der Waals surface area contributed by atoms with E-state index in [-0.39, 0.29) is 0 Å². The fourth-order valence-electron chi connectivity index (χ4n) is 2.48. The molecule has 0 bridgehead atoms. The van der Waals surface area contributed by atoms with Crippen LogP contribution in [0.5, 0.6) is 11.6 Å². The maximum Gasteiger partial charge on any atom is 0.222 e. The second-order valence-corrected chi connectivity index (χ2v) is 6.05. The molecular formula is C18H22N2O. The molecule has 0 aliphatic heterocycles. The van der Waals surface area contributed by atoms with E-state index in [1.54, 1.807) is 0 Å². The van der Waals surface area contributed by atoms with E-state index in [1.165, 1.54) is 29.5 Å². The number of hydrogen-bond acceptors (Lipinski definition) is 3. The molecule has 21 heavy (non-hydrogen) atoms. The zero-order valence-electron chi connectivity index (χ0n) is 12.9. The van der Waals surface area contributed by atoms with Crippen molar-refractivity contribution >= 4 is 0 Å². The Kier molecular flexibility index (Phi) is 3.93. The van der Waals surface area contributed by atoms with Crippen LogP contribution < -0.4 is 10.1 Å². The van der Waals surface area contributed by atoms with E-state index < -0.39 is 0 Å². The number of benzene rings is 1. The molecule has 1 heterocycles. The van der Waals surface area contributed by atoms with Gasteiger partial charge in [0.25, 0.3) is 0 Å². The molecule has 0 unspecified atom stereocenters. The number of ether oxygens (including phenoxy) is 1. The lowest BCUT2D eigenvalue weighted by molar-refractivity contribution is 0.457. The number of aromatic nitrogens is 1. The van der Waals surface area contributed by atoms with Gasteiger partial charge in [0.15, 0.2) is 0 Å². The maximum atomic E-state index is 5.93. The fourth-order valence-corrected chi connectivity index (χ4v) is 2.48. The number of nitrogens with one attached hydrogen (secondary N) is 1. The van der Waals surface area contributed by atoms with Crippen molar-refractivity contribution in [1.29, 1.82) is 0 Å². The largest absolute Gasteiger partial charge is 0.439 e. The van der Waals surface area contributed by atoms with Crippen LogP contribution in [0.3, 0.4) is 0 Å². The van der Waals surface area contributed by atoms with Crippen LogP contribution >= 0.6 is 0 Å². The molecule has 0 radical (unpaired) electrons. The molecule has 0 saturated heterocycles. The normalized spacial score (nSPS) is 14.2. The van der Waals surface area contributed by atoms with E-state index in [0.717, 1.165) is 23.9 Å². The summed E-state index contributed by atoms with van der Waals surface area (Å²) in [5.41, 5.74) is 4.69. The molecule has 1 saturated carbocycles. The Morgan fingerprint density at radius 1 is 1.10 bits per heavy atom. The van der Waals surface area contributed by atoms with Gasteiger partial charge in [-0.2, -0.15) is 0 Å². The Morgan fingerprint density at radius 3 is 2.43 bits per heavy atom. The first kappa shape index (κ1) is 14.1. The second kappa shape index (κ2) is 5.86. The zero-order valence-corrected chi connectivity index (χ0v) is 12.9. The highest BCUT2D eigenvalue weighted by Crippen LogP contribution is 2.25. The highest BCUT2D eigenvalue weighted by atomic mass is 16.5. The van der Waals surface area contributed by atoms with Gasteiger partial charge in [-0.05, 0) is 68.5 Å². The van der Waals surface area contributed by atoms with Gasteiger partial charge < -0.3 is 10.1 Å². The predicted octanol–water partition coefficient (Wildman–Crippen LogP) is 4.05. The smallest absolute Gasteiger partial charge is 0.222 e. The molecule has 3 heteroatoms. The number of aryl methyl sites for hydroxylation is 3. The molecule has 3 rings (SSSR count). The van der Waals surface area contributed by atoms with Crippen LogP contribution in [-0.2, 0) is 6.54 Å². The minimum absolute atomic E-state index is 0.690. The first-order chi connectivity index (χ1) is 10.1. The Hall–Kier alpha value is -1.87. The minimum atomic E-state index is 0.690. The SMILES string of the molecule is Cc1cc(C)cc(Oc2ncc(CNC3CC3)cc2C)c1. The van der Waals surface area contributed by atoms with E-state index in [0.29, 0.717) is 5.88 Å². The van der Waals surface area contributed by atoms with Crippen LogP contribution in [0.1, 0.15) is 35.1 Å². The van der Waals surface area contributed by atoms with E-state index in [2.05, 4.69) is 36.3 Å². The van der Waals surface area contributed by atoms with Crippen LogP contribution in [0.2, 0.25) is 0 Å². The summed E-state index contributed by atoms with van der Waals surface area (Å²) >= 11 is 0. The van der Waals surface area contributed by atoms with Crippen molar-refractivity contribution in [1.82, 2.24) is 10.3 Å². The third-order valence-corrected chi connectivity index (χ3v) is 3.67. The quantitative estimate of drug-likeness (QED) is 0.898. The molecule has 1 fully saturated rings. The van der Waals surface area contributed by atoms with Gasteiger partial charge in [0, 0.05) is 24.3 Å². The van der Waals surface area contributed by atoms with Gasteiger partial charge in [0.1, 0.15) is 5.75 Å². The van der Waals surface area contributed by atoms with Gasteiger partial charge in [-0.25, -0.2) is 4.98 Å². The fraction of sp³-hybridized carbons (Fsp3) is 0.389. The maximum absolute atomic E-state index is 5.93. The first-order valence-corrected chi connectivity index (χ1v) is 7.55. The van der Waals surface area contributed by atoms with E-state index in [4.69, 9.17) is 4.74 Å². The van der Waals surface area contributed by atoms with E-state index in [1.807, 2.05) is 25.3 Å². The van der Waals surface area contributed by atoms with Crippen molar-refractivity contribution in [3.05, 3.63) is 52.7 Å². The second-order valence-electron chi connectivity index (χ2n) is 6.05. The van der Waals surface area contributed by atoms with Gasteiger partial charge in [-0.15, -0.1) is 0 Å². The summed E-state index contributed by atoms with van der Waals surface area (Å²) in [5, 5.41) is 3.50. The topological polar surface area (TPSA) is 34.1 Å². The summed E-state index contributed by atoms with van der Waals surface area (Å²) in [6, 6.07) is 9.09. The monoisotopic (exact) mass is 282 g/mol. The Morgan fingerprint density at radius 2 is 1.81 bits per heavy atom. The molecule has 110 valence electrons. The van der Waals surface area contributed by atoms with E-state index >= 15 is 0 Å². The molecule has 1 aliphatic rings. The van der Waals surface area contributed by atoms with Gasteiger partial charge in [0.2, 0.25) is 5.88 Å².